The van der Waals surface area contributed by atoms with E-state index in [1.54, 1.807) is 6.07 Å². The molecular formula is C11H17ClN2S. The molecule has 15 heavy (non-hydrogen) atoms. The highest BCUT2D eigenvalue weighted by Crippen LogP contribution is 2.17. The van der Waals surface area contributed by atoms with Crippen molar-refractivity contribution < 1.29 is 0 Å². The van der Waals surface area contributed by atoms with Crippen LogP contribution in [0.3, 0.4) is 0 Å². The molecule has 1 aromatic rings. The third-order valence-corrected chi connectivity index (χ3v) is 3.32. The zero-order valence-electron chi connectivity index (χ0n) is 9.40. The Kier molecular flexibility index (Phi) is 5.26. The highest BCUT2D eigenvalue weighted by molar-refractivity contribution is 7.98. The molecule has 0 aliphatic carbocycles. The van der Waals surface area contributed by atoms with E-state index in [-0.39, 0.29) is 0 Å². The van der Waals surface area contributed by atoms with Crippen LogP contribution in [0.2, 0.25) is 5.15 Å². The topological polar surface area (TPSA) is 16.1 Å². The van der Waals surface area contributed by atoms with Crippen LogP contribution in [-0.2, 0) is 0 Å². The zero-order valence-corrected chi connectivity index (χ0v) is 11.0. The van der Waals surface area contributed by atoms with Gasteiger partial charge in [0.05, 0.1) is 0 Å². The van der Waals surface area contributed by atoms with Gasteiger partial charge in [-0.1, -0.05) is 17.7 Å². The van der Waals surface area contributed by atoms with Gasteiger partial charge < -0.3 is 4.90 Å². The summed E-state index contributed by atoms with van der Waals surface area (Å²) in [5.74, 6) is 2.11. The molecule has 0 spiro atoms. The van der Waals surface area contributed by atoms with E-state index in [1.807, 2.05) is 23.9 Å². The lowest BCUT2D eigenvalue weighted by Crippen LogP contribution is -2.30. The maximum Gasteiger partial charge on any atom is 0.131 e. The van der Waals surface area contributed by atoms with Crippen LogP contribution in [0.1, 0.15) is 13.3 Å². The Morgan fingerprint density at radius 2 is 2.27 bits per heavy atom. The van der Waals surface area contributed by atoms with Gasteiger partial charge in [-0.15, -0.1) is 0 Å². The van der Waals surface area contributed by atoms with Crippen LogP contribution in [0, 0.1) is 0 Å². The van der Waals surface area contributed by atoms with E-state index in [2.05, 4.69) is 30.1 Å². The van der Waals surface area contributed by atoms with E-state index in [1.165, 1.54) is 5.75 Å². The first-order chi connectivity index (χ1) is 7.15. The molecule has 2 nitrogen and oxygen atoms in total. The van der Waals surface area contributed by atoms with Gasteiger partial charge in [-0.2, -0.15) is 11.8 Å². The van der Waals surface area contributed by atoms with Crippen molar-refractivity contribution in [3.63, 3.8) is 0 Å². The van der Waals surface area contributed by atoms with E-state index in [4.69, 9.17) is 11.6 Å². The molecule has 1 heterocycles. The fourth-order valence-corrected chi connectivity index (χ4v) is 2.04. The predicted octanol–water partition coefficient (Wildman–Crippen LogP) is 3.31. The second-order valence-electron chi connectivity index (χ2n) is 3.56. The van der Waals surface area contributed by atoms with Crippen molar-refractivity contribution in [2.24, 2.45) is 0 Å². The van der Waals surface area contributed by atoms with Gasteiger partial charge in [0.15, 0.2) is 0 Å². The third kappa shape index (κ3) is 3.92. The minimum atomic E-state index is 0.489. The molecule has 0 radical (unpaired) electrons. The molecule has 1 aromatic heterocycles. The Balaban J connectivity index is 2.62. The smallest absolute Gasteiger partial charge is 0.131 e. The molecule has 1 rings (SSSR count). The van der Waals surface area contributed by atoms with Crippen LogP contribution in [0.15, 0.2) is 18.2 Å². The van der Waals surface area contributed by atoms with Gasteiger partial charge in [0.1, 0.15) is 11.0 Å². The molecule has 1 atom stereocenters. The van der Waals surface area contributed by atoms with E-state index in [0.29, 0.717) is 11.2 Å². The standard InChI is InChI=1S/C11H17ClN2S/c1-9(7-8-15-3)14(2)11-6-4-5-10(12)13-11/h4-6,9H,7-8H2,1-3H3. The summed E-state index contributed by atoms with van der Waals surface area (Å²) in [6, 6.07) is 6.21. The van der Waals surface area contributed by atoms with Gasteiger partial charge in [-0.3, -0.25) is 0 Å². The average molecular weight is 245 g/mol. The second-order valence-corrected chi connectivity index (χ2v) is 4.93. The van der Waals surface area contributed by atoms with E-state index in [9.17, 15) is 0 Å². The van der Waals surface area contributed by atoms with Gasteiger partial charge in [-0.25, -0.2) is 4.98 Å². The predicted molar refractivity (Wildman–Crippen MR) is 70.1 cm³/mol. The van der Waals surface area contributed by atoms with Crippen LogP contribution in [-0.4, -0.2) is 30.1 Å². The fraction of sp³-hybridized carbons (Fsp3) is 0.545. The van der Waals surface area contributed by atoms with Crippen LogP contribution in [0.4, 0.5) is 5.82 Å². The molecule has 0 aliphatic heterocycles. The Bertz CT molecular complexity index is 306. The molecule has 0 N–H and O–H groups in total. The summed E-state index contributed by atoms with van der Waals surface area (Å²) in [7, 11) is 2.06. The Morgan fingerprint density at radius 3 is 2.87 bits per heavy atom. The van der Waals surface area contributed by atoms with Gasteiger partial charge >= 0.3 is 0 Å². The molecule has 0 fully saturated rings. The van der Waals surface area contributed by atoms with E-state index >= 15 is 0 Å². The minimum Gasteiger partial charge on any atom is -0.357 e. The summed E-state index contributed by atoms with van der Waals surface area (Å²) >= 11 is 7.73. The first-order valence-corrected chi connectivity index (χ1v) is 6.76. The summed E-state index contributed by atoms with van der Waals surface area (Å²) in [6.07, 6.45) is 3.29. The van der Waals surface area contributed by atoms with Gasteiger partial charge in [0.25, 0.3) is 0 Å². The molecule has 1 unspecified atom stereocenters. The number of thioether (sulfide) groups is 1. The van der Waals surface area contributed by atoms with Crippen LogP contribution in [0.5, 0.6) is 0 Å². The summed E-state index contributed by atoms with van der Waals surface area (Å²) in [5.41, 5.74) is 0. The number of nitrogens with zero attached hydrogens (tertiary/aromatic N) is 2. The van der Waals surface area contributed by atoms with Crippen LogP contribution in [0.25, 0.3) is 0 Å². The molecule has 0 amide bonds. The van der Waals surface area contributed by atoms with Crippen molar-refractivity contribution >= 4 is 29.2 Å². The van der Waals surface area contributed by atoms with E-state index in [0.717, 1.165) is 12.2 Å². The number of aromatic nitrogens is 1. The van der Waals surface area contributed by atoms with Gasteiger partial charge in [0.2, 0.25) is 0 Å². The number of hydrogen-bond donors (Lipinski definition) is 0. The highest BCUT2D eigenvalue weighted by Gasteiger charge is 2.10. The lowest BCUT2D eigenvalue weighted by Gasteiger charge is -2.25. The molecular weight excluding hydrogens is 228 g/mol. The Hall–Kier alpha value is -0.410. The van der Waals surface area contributed by atoms with Gasteiger partial charge in [-0.05, 0) is 37.5 Å². The monoisotopic (exact) mass is 244 g/mol. The number of rotatable bonds is 5. The van der Waals surface area contributed by atoms with Crippen molar-refractivity contribution in [2.45, 2.75) is 19.4 Å². The molecule has 4 heteroatoms. The van der Waals surface area contributed by atoms with Crippen molar-refractivity contribution in [1.29, 1.82) is 0 Å². The second kappa shape index (κ2) is 6.23. The fourth-order valence-electron chi connectivity index (χ4n) is 1.30. The largest absolute Gasteiger partial charge is 0.357 e. The minimum absolute atomic E-state index is 0.489. The first-order valence-electron chi connectivity index (χ1n) is 4.99. The van der Waals surface area contributed by atoms with Crippen molar-refractivity contribution in [2.75, 3.05) is 24.0 Å². The molecule has 84 valence electrons. The van der Waals surface area contributed by atoms with Crippen LogP contribution < -0.4 is 4.90 Å². The average Bonchev–Trinajstić information content (AvgIpc) is 2.24. The normalized spacial score (nSPS) is 12.5. The SMILES string of the molecule is CSCCC(C)N(C)c1cccc(Cl)n1. The number of pyridine rings is 1. The molecule has 0 aromatic carbocycles. The lowest BCUT2D eigenvalue weighted by atomic mass is 10.2. The molecule has 0 aliphatic rings. The Labute approximate surface area is 101 Å². The quantitative estimate of drug-likeness (QED) is 0.740. The highest BCUT2D eigenvalue weighted by atomic mass is 35.5. The molecule has 0 saturated carbocycles. The summed E-state index contributed by atoms with van der Waals surface area (Å²) in [5, 5.41) is 0.552. The van der Waals surface area contributed by atoms with Crippen LogP contribution >= 0.6 is 23.4 Å². The van der Waals surface area contributed by atoms with Crippen molar-refractivity contribution in [3.8, 4) is 0 Å². The summed E-state index contributed by atoms with van der Waals surface area (Å²) in [6.45, 7) is 2.21. The van der Waals surface area contributed by atoms with Crippen molar-refractivity contribution in [1.82, 2.24) is 4.98 Å². The molecule has 0 saturated heterocycles. The Morgan fingerprint density at radius 1 is 1.53 bits per heavy atom. The third-order valence-electron chi connectivity index (χ3n) is 2.46. The lowest BCUT2D eigenvalue weighted by molar-refractivity contribution is 0.662. The van der Waals surface area contributed by atoms with Crippen molar-refractivity contribution in [3.05, 3.63) is 23.4 Å². The number of hydrogen-bond acceptors (Lipinski definition) is 3. The number of anilines is 1. The summed E-state index contributed by atoms with van der Waals surface area (Å²) in [4.78, 5) is 6.46. The number of halogens is 1. The maximum atomic E-state index is 5.86. The maximum absolute atomic E-state index is 5.86. The van der Waals surface area contributed by atoms with E-state index < -0.39 is 0 Å². The summed E-state index contributed by atoms with van der Waals surface area (Å²) < 4.78 is 0. The first kappa shape index (κ1) is 12.7. The zero-order chi connectivity index (χ0) is 11.3. The van der Waals surface area contributed by atoms with Gasteiger partial charge in [0, 0.05) is 13.1 Å². The molecule has 0 bridgehead atoms.